The van der Waals surface area contributed by atoms with Crippen LogP contribution in [0, 0.1) is 11.3 Å². The smallest absolute Gasteiger partial charge is 0.341 e. The molecule has 1 aliphatic rings. The Bertz CT molecular complexity index is 1070. The first-order valence-electron chi connectivity index (χ1n) is 9.11. The Balaban J connectivity index is 1.93. The molecular formula is C20H19ClN4O5S. The van der Waals surface area contributed by atoms with Gasteiger partial charge < -0.3 is 25.4 Å². The molecule has 1 aromatic heterocycles. The Kier molecular flexibility index (Phi) is 6.80. The number of nitrogens with two attached hydrogens (primary N) is 1. The van der Waals surface area contributed by atoms with Crippen LogP contribution in [0.2, 0.25) is 4.34 Å². The quantitative estimate of drug-likeness (QED) is 0.357. The van der Waals surface area contributed by atoms with E-state index >= 15 is 0 Å². The zero-order valence-corrected chi connectivity index (χ0v) is 18.1. The third-order valence-corrected chi connectivity index (χ3v) is 6.02. The number of nitrogens with zero attached hydrogens (tertiary/aromatic N) is 2. The number of piperazine rings is 1. The molecule has 2 aromatic rings. The van der Waals surface area contributed by atoms with Gasteiger partial charge >= 0.3 is 5.97 Å². The van der Waals surface area contributed by atoms with Gasteiger partial charge in [-0.2, -0.15) is 5.26 Å². The van der Waals surface area contributed by atoms with Crippen molar-refractivity contribution in [3.63, 3.8) is 0 Å². The number of thiophene rings is 1. The summed E-state index contributed by atoms with van der Waals surface area (Å²) >= 11 is 7.01. The highest BCUT2D eigenvalue weighted by Gasteiger charge is 2.55. The van der Waals surface area contributed by atoms with Crippen molar-refractivity contribution >= 4 is 46.3 Å². The van der Waals surface area contributed by atoms with Crippen molar-refractivity contribution in [2.24, 2.45) is 0 Å². The number of amides is 1. The summed E-state index contributed by atoms with van der Waals surface area (Å²) in [4.78, 5) is 40.1. The van der Waals surface area contributed by atoms with Gasteiger partial charge in [-0.05, 0) is 29.8 Å². The number of hydrogen-bond acceptors (Lipinski definition) is 9. The zero-order chi connectivity index (χ0) is 22.6. The SMILES string of the molecule is COC(=O)C1(C(=O)COc2ccc(Cl)s2)CNCC(=O)N1Cc1ccc(C#N)c(N)c1. The number of hydrogen-bond donors (Lipinski definition) is 2. The Hall–Kier alpha value is -3.13. The first kappa shape index (κ1) is 22.6. The number of esters is 1. The van der Waals surface area contributed by atoms with Crippen LogP contribution in [0.1, 0.15) is 11.1 Å². The lowest BCUT2D eigenvalue weighted by Crippen LogP contribution is -2.72. The van der Waals surface area contributed by atoms with E-state index in [1.54, 1.807) is 18.2 Å². The molecule has 11 heteroatoms. The van der Waals surface area contributed by atoms with Gasteiger partial charge in [0.05, 0.1) is 23.6 Å². The van der Waals surface area contributed by atoms with Crippen LogP contribution in [0.15, 0.2) is 30.3 Å². The molecule has 1 unspecified atom stereocenters. The Morgan fingerprint density at radius 2 is 2.16 bits per heavy atom. The first-order chi connectivity index (χ1) is 14.8. The number of methoxy groups -OCH3 is 1. The van der Waals surface area contributed by atoms with Crippen LogP contribution < -0.4 is 15.8 Å². The Labute approximate surface area is 187 Å². The highest BCUT2D eigenvalue weighted by molar-refractivity contribution is 7.17. The lowest BCUT2D eigenvalue weighted by atomic mass is 9.88. The maximum absolute atomic E-state index is 13.3. The van der Waals surface area contributed by atoms with Crippen LogP contribution in [0.5, 0.6) is 5.06 Å². The van der Waals surface area contributed by atoms with Crippen molar-refractivity contribution in [2.45, 2.75) is 12.1 Å². The van der Waals surface area contributed by atoms with Gasteiger partial charge in [-0.1, -0.05) is 29.0 Å². The molecule has 1 aromatic carbocycles. The largest absolute Gasteiger partial charge is 0.476 e. The Morgan fingerprint density at radius 1 is 1.39 bits per heavy atom. The normalized spacial score (nSPS) is 18.4. The fourth-order valence-corrected chi connectivity index (χ4v) is 4.19. The minimum atomic E-state index is -1.92. The van der Waals surface area contributed by atoms with E-state index in [0.29, 0.717) is 15.0 Å². The minimum absolute atomic E-state index is 0.0564. The molecule has 1 amide bonds. The summed E-state index contributed by atoms with van der Waals surface area (Å²) in [6.07, 6.45) is 0. The van der Waals surface area contributed by atoms with Crippen LogP contribution in [0.4, 0.5) is 5.69 Å². The summed E-state index contributed by atoms with van der Waals surface area (Å²) in [5.74, 6) is -1.99. The number of carbonyl (C=O) groups is 3. The molecule has 0 bridgehead atoms. The molecule has 162 valence electrons. The predicted molar refractivity (Wildman–Crippen MR) is 114 cm³/mol. The van der Waals surface area contributed by atoms with E-state index in [-0.39, 0.29) is 30.9 Å². The molecule has 0 saturated carbocycles. The molecule has 3 N–H and O–H groups in total. The van der Waals surface area contributed by atoms with Gasteiger partial charge in [0.15, 0.2) is 11.7 Å². The molecule has 1 fully saturated rings. The molecule has 1 aliphatic heterocycles. The van der Waals surface area contributed by atoms with Gasteiger partial charge in [0.1, 0.15) is 6.07 Å². The van der Waals surface area contributed by atoms with E-state index in [1.165, 1.54) is 17.0 Å². The summed E-state index contributed by atoms with van der Waals surface area (Å²) in [7, 11) is 1.15. The standard InChI is InChI=1S/C20H19ClN4O5S/c1-29-19(28)20(15(26)10-30-18-5-4-16(21)31-18)11-24-8-17(27)25(20)9-12-2-3-13(7-22)14(23)6-12/h2-6,24H,8-11,23H2,1H3. The van der Waals surface area contributed by atoms with E-state index < -0.39 is 29.8 Å². The summed E-state index contributed by atoms with van der Waals surface area (Å²) in [5.41, 5.74) is 5.02. The van der Waals surface area contributed by atoms with E-state index in [0.717, 1.165) is 18.4 Å². The summed E-state index contributed by atoms with van der Waals surface area (Å²) < 4.78 is 10.9. The second-order valence-electron chi connectivity index (χ2n) is 6.74. The van der Waals surface area contributed by atoms with Gasteiger partial charge in [-0.25, -0.2) is 4.79 Å². The van der Waals surface area contributed by atoms with E-state index in [1.807, 2.05) is 6.07 Å². The summed E-state index contributed by atoms with van der Waals surface area (Å²) in [6, 6.07) is 9.85. The van der Waals surface area contributed by atoms with Gasteiger partial charge in [0.25, 0.3) is 0 Å². The molecule has 0 aliphatic carbocycles. The van der Waals surface area contributed by atoms with Crippen LogP contribution in [0.25, 0.3) is 0 Å². The molecule has 1 saturated heterocycles. The highest BCUT2D eigenvalue weighted by Crippen LogP contribution is 2.30. The average Bonchev–Trinajstić information content (AvgIpc) is 3.18. The number of ether oxygens (including phenoxy) is 2. The molecule has 1 atom stereocenters. The van der Waals surface area contributed by atoms with Crippen molar-refractivity contribution < 1.29 is 23.9 Å². The molecule has 0 radical (unpaired) electrons. The molecule has 2 heterocycles. The minimum Gasteiger partial charge on any atom is -0.476 e. The van der Waals surface area contributed by atoms with Gasteiger partial charge in [-0.3, -0.25) is 9.59 Å². The van der Waals surface area contributed by atoms with Crippen molar-refractivity contribution in [2.75, 3.05) is 32.5 Å². The predicted octanol–water partition coefficient (Wildman–Crippen LogP) is 1.35. The number of carbonyl (C=O) groups excluding carboxylic acids is 3. The third-order valence-electron chi connectivity index (χ3n) is 4.87. The molecular weight excluding hydrogens is 444 g/mol. The number of nitriles is 1. The maximum atomic E-state index is 13.3. The zero-order valence-electron chi connectivity index (χ0n) is 16.5. The molecule has 3 rings (SSSR count). The molecule has 31 heavy (non-hydrogen) atoms. The van der Waals surface area contributed by atoms with E-state index in [2.05, 4.69) is 5.32 Å². The maximum Gasteiger partial charge on any atom is 0.341 e. The number of nitrogen functional groups attached to an aromatic ring is 1. The van der Waals surface area contributed by atoms with E-state index in [4.69, 9.17) is 32.1 Å². The van der Waals surface area contributed by atoms with Gasteiger partial charge in [0, 0.05) is 18.8 Å². The number of Topliss-reactive ketones (excluding diaryl/α,β-unsaturated/α-hetero) is 1. The van der Waals surface area contributed by atoms with Crippen LogP contribution >= 0.6 is 22.9 Å². The number of nitrogens with one attached hydrogen (secondary N) is 1. The van der Waals surface area contributed by atoms with Crippen molar-refractivity contribution in [3.8, 4) is 11.1 Å². The molecule has 0 spiro atoms. The fourth-order valence-electron chi connectivity index (χ4n) is 3.32. The lowest BCUT2D eigenvalue weighted by molar-refractivity contribution is -0.170. The topological polar surface area (TPSA) is 135 Å². The van der Waals surface area contributed by atoms with Crippen LogP contribution in [-0.2, 0) is 25.7 Å². The second kappa shape index (κ2) is 9.34. The number of benzene rings is 1. The van der Waals surface area contributed by atoms with Crippen molar-refractivity contribution in [1.29, 1.82) is 5.26 Å². The van der Waals surface area contributed by atoms with E-state index in [9.17, 15) is 14.4 Å². The van der Waals surface area contributed by atoms with Gasteiger partial charge in [-0.15, -0.1) is 0 Å². The average molecular weight is 463 g/mol. The third kappa shape index (κ3) is 4.49. The highest BCUT2D eigenvalue weighted by atomic mass is 35.5. The van der Waals surface area contributed by atoms with Crippen LogP contribution in [-0.4, -0.2) is 54.9 Å². The number of anilines is 1. The number of ketones is 1. The van der Waals surface area contributed by atoms with Crippen molar-refractivity contribution in [1.82, 2.24) is 10.2 Å². The monoisotopic (exact) mass is 462 g/mol. The first-order valence-corrected chi connectivity index (χ1v) is 10.3. The Morgan fingerprint density at radius 3 is 2.77 bits per heavy atom. The van der Waals surface area contributed by atoms with Crippen molar-refractivity contribution in [3.05, 3.63) is 45.8 Å². The number of halogens is 1. The van der Waals surface area contributed by atoms with Crippen LogP contribution in [0.3, 0.4) is 0 Å². The fraction of sp³-hybridized carbons (Fsp3) is 0.300. The summed E-state index contributed by atoms with van der Waals surface area (Å²) in [5, 5.41) is 12.3. The number of rotatable bonds is 7. The van der Waals surface area contributed by atoms with Gasteiger partial charge in [0.2, 0.25) is 17.2 Å². The lowest BCUT2D eigenvalue weighted by Gasteiger charge is -2.43. The summed E-state index contributed by atoms with van der Waals surface area (Å²) in [6.45, 7) is -0.737. The second-order valence-corrected chi connectivity index (χ2v) is 8.42. The molecule has 9 nitrogen and oxygen atoms in total.